The quantitative estimate of drug-likeness (QED) is 0.528. The molecule has 6 heteroatoms. The average Bonchev–Trinajstić information content (AvgIpc) is 2.88. The third-order valence-corrected chi connectivity index (χ3v) is 3.74. The number of methoxy groups -OCH3 is 1. The second kappa shape index (κ2) is 6.00. The molecule has 2 aromatic carbocycles. The van der Waals surface area contributed by atoms with E-state index in [1.165, 1.54) is 19.2 Å². The van der Waals surface area contributed by atoms with Gasteiger partial charge >= 0.3 is 5.97 Å². The number of amides is 2. The highest BCUT2D eigenvalue weighted by Gasteiger charge is 2.41. The molecule has 2 amide bonds. The summed E-state index contributed by atoms with van der Waals surface area (Å²) in [5, 5.41) is 0. The van der Waals surface area contributed by atoms with Crippen LogP contribution in [0.2, 0.25) is 0 Å². The van der Waals surface area contributed by atoms with Gasteiger partial charge in [-0.1, -0.05) is 42.5 Å². The van der Waals surface area contributed by atoms with E-state index >= 15 is 0 Å². The highest BCUT2D eigenvalue weighted by molar-refractivity contribution is 6.25. The first-order valence-corrected chi connectivity index (χ1v) is 7.17. The second-order valence-corrected chi connectivity index (χ2v) is 5.11. The topological polar surface area (TPSA) is 89.7 Å². The smallest absolute Gasteiger partial charge is 0.357 e. The van der Waals surface area contributed by atoms with E-state index in [9.17, 15) is 14.4 Å². The predicted molar refractivity (Wildman–Crippen MR) is 86.5 cm³/mol. The van der Waals surface area contributed by atoms with Gasteiger partial charge in [-0.3, -0.25) is 9.59 Å². The molecule has 1 heterocycles. The van der Waals surface area contributed by atoms with Crippen molar-refractivity contribution in [1.29, 1.82) is 0 Å². The maximum absolute atomic E-state index is 12.6. The molecule has 0 aliphatic carbocycles. The lowest BCUT2D eigenvalue weighted by Gasteiger charge is -2.18. The summed E-state index contributed by atoms with van der Waals surface area (Å²) < 4.78 is 4.74. The molecule has 0 saturated carbocycles. The van der Waals surface area contributed by atoms with Crippen molar-refractivity contribution in [2.24, 2.45) is 5.73 Å². The van der Waals surface area contributed by atoms with E-state index in [1.807, 2.05) is 0 Å². The van der Waals surface area contributed by atoms with Crippen molar-refractivity contribution in [3.8, 4) is 0 Å². The zero-order valence-electron chi connectivity index (χ0n) is 12.9. The van der Waals surface area contributed by atoms with Gasteiger partial charge in [0.15, 0.2) is 5.70 Å². The highest BCUT2D eigenvalue weighted by Crippen LogP contribution is 2.29. The molecule has 0 spiro atoms. The molecule has 0 fully saturated rings. The van der Waals surface area contributed by atoms with E-state index in [0.717, 1.165) is 4.90 Å². The summed E-state index contributed by atoms with van der Waals surface area (Å²) in [6.07, 6.45) is 0. The van der Waals surface area contributed by atoms with E-state index in [-0.39, 0.29) is 22.5 Å². The van der Waals surface area contributed by atoms with Crippen molar-refractivity contribution in [2.45, 2.75) is 0 Å². The van der Waals surface area contributed by atoms with E-state index in [4.69, 9.17) is 10.5 Å². The van der Waals surface area contributed by atoms with E-state index in [0.29, 0.717) is 5.56 Å². The van der Waals surface area contributed by atoms with Crippen LogP contribution in [-0.2, 0) is 9.53 Å². The van der Waals surface area contributed by atoms with Crippen molar-refractivity contribution < 1.29 is 19.1 Å². The fraction of sp³-hybridized carbons (Fsp3) is 0.0556. The van der Waals surface area contributed by atoms with Gasteiger partial charge in [0.2, 0.25) is 0 Å². The number of hydrogen-bond acceptors (Lipinski definition) is 5. The van der Waals surface area contributed by atoms with Crippen molar-refractivity contribution in [3.63, 3.8) is 0 Å². The monoisotopic (exact) mass is 322 g/mol. The number of rotatable bonds is 3. The molecule has 1 aliphatic heterocycles. The molecule has 0 aromatic heterocycles. The molecule has 0 unspecified atom stereocenters. The van der Waals surface area contributed by atoms with Crippen LogP contribution in [0.3, 0.4) is 0 Å². The molecule has 3 rings (SSSR count). The van der Waals surface area contributed by atoms with Gasteiger partial charge in [0.25, 0.3) is 11.8 Å². The van der Waals surface area contributed by atoms with Gasteiger partial charge in [0.05, 0.1) is 23.9 Å². The van der Waals surface area contributed by atoms with Crippen molar-refractivity contribution >= 4 is 23.5 Å². The lowest BCUT2D eigenvalue weighted by Crippen LogP contribution is -2.35. The number of carbonyl (C=O) groups excluding carboxylic acids is 3. The molecule has 1 aliphatic rings. The maximum Gasteiger partial charge on any atom is 0.357 e. The molecule has 2 N–H and O–H groups in total. The Labute approximate surface area is 138 Å². The number of esters is 1. The van der Waals surface area contributed by atoms with Gasteiger partial charge in [-0.25, -0.2) is 9.69 Å². The zero-order valence-corrected chi connectivity index (χ0v) is 12.9. The number of fused-ring (bicyclic) bond motifs is 1. The number of hydrogen-bond donors (Lipinski definition) is 1. The van der Waals surface area contributed by atoms with Crippen LogP contribution in [0.4, 0.5) is 0 Å². The summed E-state index contributed by atoms with van der Waals surface area (Å²) in [4.78, 5) is 38.3. The van der Waals surface area contributed by atoms with E-state index in [2.05, 4.69) is 0 Å². The third kappa shape index (κ3) is 2.34. The molecular weight excluding hydrogens is 308 g/mol. The number of nitrogens with two attached hydrogens (primary N) is 1. The fourth-order valence-corrected chi connectivity index (χ4v) is 2.57. The molecule has 0 atom stereocenters. The first-order chi connectivity index (χ1) is 11.6. The Balaban J connectivity index is 2.18. The Bertz CT molecular complexity index is 837. The highest BCUT2D eigenvalue weighted by atomic mass is 16.5. The summed E-state index contributed by atoms with van der Waals surface area (Å²) in [6.45, 7) is 0. The van der Waals surface area contributed by atoms with Crippen molar-refractivity contribution in [2.75, 3.05) is 7.11 Å². The van der Waals surface area contributed by atoms with E-state index in [1.54, 1.807) is 42.5 Å². The third-order valence-electron chi connectivity index (χ3n) is 3.74. The normalized spacial score (nSPS) is 14.3. The van der Waals surface area contributed by atoms with Crippen molar-refractivity contribution in [3.05, 3.63) is 77.0 Å². The predicted octanol–water partition coefficient (Wildman–Crippen LogP) is 1.78. The van der Waals surface area contributed by atoms with Crippen LogP contribution in [0, 0.1) is 0 Å². The molecular formula is C18H14N2O4. The van der Waals surface area contributed by atoms with Crippen LogP contribution < -0.4 is 5.73 Å². The van der Waals surface area contributed by atoms with Gasteiger partial charge < -0.3 is 10.5 Å². The van der Waals surface area contributed by atoms with Crippen LogP contribution in [0.5, 0.6) is 0 Å². The Morgan fingerprint density at radius 2 is 1.42 bits per heavy atom. The zero-order chi connectivity index (χ0) is 17.3. The number of ether oxygens (including phenoxy) is 1. The van der Waals surface area contributed by atoms with Gasteiger partial charge in [0.1, 0.15) is 0 Å². The molecule has 120 valence electrons. The summed E-state index contributed by atoms with van der Waals surface area (Å²) in [5.74, 6) is -2.06. The average molecular weight is 322 g/mol. The minimum absolute atomic E-state index is 0.00282. The SMILES string of the molecule is COC(=O)/C(=C(\N)c1ccccc1)N1C(=O)c2ccccc2C1=O. The van der Waals surface area contributed by atoms with Gasteiger partial charge in [-0.15, -0.1) is 0 Å². The molecule has 0 radical (unpaired) electrons. The lowest BCUT2D eigenvalue weighted by atomic mass is 10.1. The largest absolute Gasteiger partial charge is 0.464 e. The van der Waals surface area contributed by atoms with Gasteiger partial charge in [-0.05, 0) is 17.7 Å². The summed E-state index contributed by atoms with van der Waals surface area (Å²) in [7, 11) is 1.17. The maximum atomic E-state index is 12.6. The Morgan fingerprint density at radius 1 is 0.917 bits per heavy atom. The molecule has 24 heavy (non-hydrogen) atoms. The number of benzene rings is 2. The van der Waals surface area contributed by atoms with Crippen LogP contribution >= 0.6 is 0 Å². The molecule has 0 bridgehead atoms. The van der Waals surface area contributed by atoms with Crippen molar-refractivity contribution in [1.82, 2.24) is 4.90 Å². The summed E-state index contributed by atoms with van der Waals surface area (Å²) in [6, 6.07) is 15.0. The van der Waals surface area contributed by atoms with Gasteiger partial charge in [0, 0.05) is 0 Å². The summed E-state index contributed by atoms with van der Waals surface area (Å²) >= 11 is 0. The van der Waals surface area contributed by atoms with Gasteiger partial charge in [-0.2, -0.15) is 0 Å². The summed E-state index contributed by atoms with van der Waals surface area (Å²) in [5.41, 5.74) is 6.76. The Morgan fingerprint density at radius 3 is 1.92 bits per heavy atom. The molecule has 2 aromatic rings. The van der Waals surface area contributed by atoms with Crippen LogP contribution in [0.1, 0.15) is 26.3 Å². The molecule has 6 nitrogen and oxygen atoms in total. The van der Waals surface area contributed by atoms with Crippen LogP contribution in [-0.4, -0.2) is 29.8 Å². The minimum atomic E-state index is -0.856. The number of carbonyl (C=O) groups is 3. The Kier molecular flexibility index (Phi) is 3.87. The first-order valence-electron chi connectivity index (χ1n) is 7.17. The molecule has 0 saturated heterocycles. The number of nitrogens with zero attached hydrogens (tertiary/aromatic N) is 1. The Hall–Kier alpha value is -3.41. The lowest BCUT2D eigenvalue weighted by molar-refractivity contribution is -0.137. The fourth-order valence-electron chi connectivity index (χ4n) is 2.57. The minimum Gasteiger partial charge on any atom is -0.464 e. The first kappa shape index (κ1) is 15.5. The number of imide groups is 1. The van der Waals surface area contributed by atoms with E-state index < -0.39 is 17.8 Å². The van der Waals surface area contributed by atoms with Crippen LogP contribution in [0.25, 0.3) is 5.70 Å². The standard InChI is InChI=1S/C18H14N2O4/c1-24-18(23)15(14(19)11-7-3-2-4-8-11)20-16(21)12-9-5-6-10-13(12)17(20)22/h2-10H,19H2,1H3/b15-14+. The van der Waals surface area contributed by atoms with Crippen LogP contribution in [0.15, 0.2) is 60.3 Å². The second-order valence-electron chi connectivity index (χ2n) is 5.11.